The van der Waals surface area contributed by atoms with Gasteiger partial charge in [-0.15, -0.1) is 0 Å². The summed E-state index contributed by atoms with van der Waals surface area (Å²) in [5.74, 6) is -0.576. The van der Waals surface area contributed by atoms with Crippen molar-refractivity contribution < 1.29 is 28.6 Å². The van der Waals surface area contributed by atoms with Crippen LogP contribution in [0.5, 0.6) is 11.8 Å². The molecule has 3 aromatic carbocycles. The van der Waals surface area contributed by atoms with Crippen LogP contribution in [0.25, 0.3) is 32.9 Å². The zero-order valence-corrected chi connectivity index (χ0v) is 42.9. The Hall–Kier alpha value is -5.97. The van der Waals surface area contributed by atoms with E-state index in [0.29, 0.717) is 59.4 Å². The highest BCUT2D eigenvalue weighted by atomic mass is 19.1. The number of fused-ring (bicyclic) bond motifs is 5. The average Bonchev–Trinajstić information content (AvgIpc) is 3.99. The largest absolute Gasteiger partial charge is 0.508 e. The molecule has 3 atom stereocenters. The molecule has 1 spiro atoms. The van der Waals surface area contributed by atoms with E-state index in [1.165, 1.54) is 38.5 Å². The number of aromatic hydroxyl groups is 1. The zero-order chi connectivity index (χ0) is 50.5. The number of phenolic OH excluding ortho intramolecular Hbond substituents is 1. The van der Waals surface area contributed by atoms with Crippen LogP contribution in [-0.4, -0.2) is 142 Å². The molecule has 2 aliphatic carbocycles. The van der Waals surface area contributed by atoms with E-state index in [2.05, 4.69) is 56.2 Å². The van der Waals surface area contributed by atoms with Crippen LogP contribution < -0.4 is 25.2 Å². The van der Waals surface area contributed by atoms with Crippen molar-refractivity contribution in [1.82, 2.24) is 40.3 Å². The molecule has 7 fully saturated rings. The third-order valence-electron chi connectivity index (χ3n) is 19.1. The first-order valence-electron chi connectivity index (χ1n) is 27.6. The standard InChI is InChI=1S/C58H69FN10O5/c1-3-36-5-4-6-37-28-42(70)29-44(48(36)37)50-49(59)51-45(30-60-50)52(67-32-39-7-8-40(33-67)61-39)64-55(63-51)74-35-58(17-18-58)34-65-21-19-57(20-22-65)15-13-56(2,14-16-57)68-25-23-66(24-26-68)41-9-10-43-38(27-41)31-69(54(43)73)46-11-12-47(71)62-53(46)72/h4-6,9-10,27-30,39-40,46,61,70H,3,7-8,11-26,31-35H2,1-2H3,(H,62,71,72). The van der Waals surface area contributed by atoms with Gasteiger partial charge in [0.05, 0.1) is 12.0 Å². The van der Waals surface area contributed by atoms with Crippen LogP contribution in [0.1, 0.15) is 112 Å². The lowest BCUT2D eigenvalue weighted by atomic mass is 9.63. The highest BCUT2D eigenvalue weighted by Gasteiger charge is 2.49. The molecule has 388 valence electrons. The van der Waals surface area contributed by atoms with Gasteiger partial charge in [0, 0.05) is 105 Å². The number of amides is 3. The van der Waals surface area contributed by atoms with Crippen LogP contribution in [0, 0.1) is 16.6 Å². The number of halogens is 1. The number of hydrogen-bond donors (Lipinski definition) is 3. The number of nitrogens with one attached hydrogen (secondary N) is 2. The van der Waals surface area contributed by atoms with Gasteiger partial charge in [0.25, 0.3) is 5.91 Å². The van der Waals surface area contributed by atoms with Gasteiger partial charge in [-0.25, -0.2) is 4.39 Å². The summed E-state index contributed by atoms with van der Waals surface area (Å²) in [4.78, 5) is 64.0. The second-order valence-electron chi connectivity index (χ2n) is 23.7. The third kappa shape index (κ3) is 8.62. The zero-order valence-electron chi connectivity index (χ0n) is 42.9. The highest BCUT2D eigenvalue weighted by Crippen LogP contribution is 2.52. The molecule has 0 radical (unpaired) electrons. The minimum atomic E-state index is -0.603. The lowest BCUT2D eigenvalue weighted by Crippen LogP contribution is -2.58. The van der Waals surface area contributed by atoms with Gasteiger partial charge in [-0.05, 0) is 155 Å². The lowest BCUT2D eigenvalue weighted by Gasteiger charge is -2.54. The van der Waals surface area contributed by atoms with Crippen molar-refractivity contribution in [2.75, 3.05) is 75.3 Å². The Morgan fingerprint density at radius 1 is 0.838 bits per heavy atom. The molecular weight excluding hydrogens is 936 g/mol. The molecule has 16 heteroatoms. The number of hydrogen-bond acceptors (Lipinski definition) is 13. The molecule has 8 heterocycles. The number of aromatic nitrogens is 3. The van der Waals surface area contributed by atoms with Crippen LogP contribution in [0.4, 0.5) is 15.9 Å². The second-order valence-corrected chi connectivity index (χ2v) is 23.7. The van der Waals surface area contributed by atoms with E-state index in [0.717, 1.165) is 119 Å². The molecule has 15 nitrogen and oxygen atoms in total. The van der Waals surface area contributed by atoms with E-state index in [1.807, 2.05) is 24.3 Å². The first kappa shape index (κ1) is 47.7. The van der Waals surface area contributed by atoms with Crippen molar-refractivity contribution in [3.63, 3.8) is 0 Å². The maximum atomic E-state index is 17.3. The number of piperazine rings is 2. The molecule has 2 aromatic heterocycles. The Labute approximate surface area is 432 Å². The van der Waals surface area contributed by atoms with Crippen molar-refractivity contribution in [2.24, 2.45) is 10.8 Å². The Morgan fingerprint density at radius 3 is 2.34 bits per heavy atom. The number of anilines is 2. The summed E-state index contributed by atoms with van der Waals surface area (Å²) in [6.45, 7) is 14.1. The van der Waals surface area contributed by atoms with Gasteiger partial charge in [0.15, 0.2) is 5.82 Å². The molecule has 8 aliphatic rings. The summed E-state index contributed by atoms with van der Waals surface area (Å²) < 4.78 is 23.9. The summed E-state index contributed by atoms with van der Waals surface area (Å²) in [5, 5.41) is 19.2. The number of piperidine rings is 2. The fraction of sp³-hybridized carbons (Fsp3) is 0.552. The van der Waals surface area contributed by atoms with Gasteiger partial charge in [0.1, 0.15) is 28.8 Å². The van der Waals surface area contributed by atoms with Crippen molar-refractivity contribution in [3.8, 4) is 23.0 Å². The fourth-order valence-corrected chi connectivity index (χ4v) is 14.3. The van der Waals surface area contributed by atoms with E-state index in [-0.39, 0.29) is 58.1 Å². The first-order chi connectivity index (χ1) is 35.8. The van der Waals surface area contributed by atoms with Gasteiger partial charge < -0.3 is 34.8 Å². The number of likely N-dealkylation sites (tertiary alicyclic amines) is 1. The Morgan fingerprint density at radius 2 is 1.61 bits per heavy atom. The summed E-state index contributed by atoms with van der Waals surface area (Å²) >= 11 is 0. The maximum absolute atomic E-state index is 17.3. The molecule has 5 saturated heterocycles. The molecule has 6 aliphatic heterocycles. The first-order valence-corrected chi connectivity index (χ1v) is 27.6. The molecule has 2 bridgehead atoms. The quantitative estimate of drug-likeness (QED) is 0.113. The number of rotatable bonds is 11. The summed E-state index contributed by atoms with van der Waals surface area (Å²) in [7, 11) is 0. The summed E-state index contributed by atoms with van der Waals surface area (Å²) in [6, 6.07) is 15.7. The van der Waals surface area contributed by atoms with Gasteiger partial charge in [0.2, 0.25) is 11.8 Å². The molecule has 3 N–H and O–H groups in total. The minimum Gasteiger partial charge on any atom is -0.508 e. The predicted octanol–water partition coefficient (Wildman–Crippen LogP) is 7.35. The summed E-state index contributed by atoms with van der Waals surface area (Å²) in [6.07, 6.45) is 14.9. The number of phenols is 1. The number of aryl methyl sites for hydroxylation is 1. The van der Waals surface area contributed by atoms with Gasteiger partial charge in [-0.3, -0.25) is 29.6 Å². The Kier molecular flexibility index (Phi) is 11.9. The molecule has 13 rings (SSSR count). The smallest absolute Gasteiger partial charge is 0.319 e. The number of imide groups is 1. The van der Waals surface area contributed by atoms with E-state index < -0.39 is 11.9 Å². The lowest BCUT2D eigenvalue weighted by molar-refractivity contribution is -0.136. The van der Waals surface area contributed by atoms with Gasteiger partial charge in [-0.2, -0.15) is 9.97 Å². The third-order valence-corrected chi connectivity index (χ3v) is 19.1. The number of nitrogens with zero attached hydrogens (tertiary/aromatic N) is 8. The van der Waals surface area contributed by atoms with E-state index >= 15 is 4.39 Å². The average molecular weight is 1010 g/mol. The minimum absolute atomic E-state index is 0.0246. The van der Waals surface area contributed by atoms with Crippen molar-refractivity contribution in [2.45, 2.75) is 128 Å². The molecule has 74 heavy (non-hydrogen) atoms. The van der Waals surface area contributed by atoms with Gasteiger partial charge >= 0.3 is 6.01 Å². The van der Waals surface area contributed by atoms with Crippen LogP contribution >= 0.6 is 0 Å². The van der Waals surface area contributed by atoms with Crippen LogP contribution in [0.2, 0.25) is 0 Å². The molecule has 3 amide bonds. The van der Waals surface area contributed by atoms with Crippen molar-refractivity contribution in [1.29, 1.82) is 0 Å². The topological polar surface area (TPSA) is 160 Å². The van der Waals surface area contributed by atoms with Crippen LogP contribution in [-0.2, 0) is 22.6 Å². The maximum Gasteiger partial charge on any atom is 0.319 e. The Balaban J connectivity index is 0.638. The van der Waals surface area contributed by atoms with E-state index in [1.54, 1.807) is 23.2 Å². The van der Waals surface area contributed by atoms with Crippen LogP contribution in [0.3, 0.4) is 0 Å². The monoisotopic (exact) mass is 1000 g/mol. The highest BCUT2D eigenvalue weighted by molar-refractivity contribution is 6.06. The number of carbonyl (C=O) groups is 3. The normalized spacial score (nSPS) is 25.5. The number of benzene rings is 3. The van der Waals surface area contributed by atoms with Gasteiger partial charge in [-0.1, -0.05) is 25.1 Å². The summed E-state index contributed by atoms with van der Waals surface area (Å²) in [5.41, 5.74) is 5.31. The van der Waals surface area contributed by atoms with E-state index in [9.17, 15) is 19.5 Å². The SMILES string of the molecule is CCc1cccc2cc(O)cc(-c3ncc4c(N5CC6CCC(C5)N6)nc(OCC5(CN6CCC7(CC6)CCC(C)(N6CCN(c8ccc9c(c8)CN(C8CCC(=O)NC8=O)C9=O)CC6)CC7)CC5)nc4c3F)c12. The fourth-order valence-electron chi connectivity index (χ4n) is 14.3. The predicted molar refractivity (Wildman–Crippen MR) is 282 cm³/mol. The van der Waals surface area contributed by atoms with E-state index in [4.69, 9.17) is 19.7 Å². The number of pyridine rings is 1. The molecule has 2 saturated carbocycles. The van der Waals surface area contributed by atoms with Crippen LogP contribution in [0.15, 0.2) is 54.7 Å². The molecule has 5 aromatic rings. The van der Waals surface area contributed by atoms with Crippen molar-refractivity contribution in [3.05, 3.63) is 77.2 Å². The van der Waals surface area contributed by atoms with Crippen molar-refractivity contribution >= 4 is 50.9 Å². The molecular formula is C58H69FN10O5. The Bertz CT molecular complexity index is 3050. The number of ether oxygens (including phenoxy) is 1. The molecule has 3 unspecified atom stereocenters. The number of carbonyl (C=O) groups excluding carboxylic acids is 3. The second kappa shape index (κ2) is 18.4.